The van der Waals surface area contributed by atoms with E-state index in [9.17, 15) is 22.8 Å². The van der Waals surface area contributed by atoms with Crippen molar-refractivity contribution in [2.24, 2.45) is 0 Å². The Balaban J connectivity index is 1.84. The summed E-state index contributed by atoms with van der Waals surface area (Å²) in [6, 6.07) is 10.3. The van der Waals surface area contributed by atoms with Crippen LogP contribution in [0.15, 0.2) is 42.5 Å². The predicted molar refractivity (Wildman–Crippen MR) is 127 cm³/mol. The summed E-state index contributed by atoms with van der Waals surface area (Å²) in [5.41, 5.74) is 2.99. The maximum absolute atomic E-state index is 12.9. The zero-order chi connectivity index (χ0) is 25.8. The number of alkyl halides is 3. The molecule has 1 heterocycles. The number of hydrogen-bond acceptors (Lipinski definition) is 6. The molecule has 10 heteroatoms. The zero-order valence-corrected chi connectivity index (χ0v) is 20.5. The van der Waals surface area contributed by atoms with E-state index >= 15 is 0 Å². The Morgan fingerprint density at radius 2 is 1.71 bits per heavy atom. The molecule has 6 nitrogen and oxygen atoms in total. The molecule has 2 aromatic carbocycles. The van der Waals surface area contributed by atoms with E-state index in [1.807, 2.05) is 19.1 Å². The minimum Gasteiger partial charge on any atom is -0.469 e. The van der Waals surface area contributed by atoms with Gasteiger partial charge in [-0.2, -0.15) is 13.2 Å². The second-order valence-corrected chi connectivity index (χ2v) is 8.93. The van der Waals surface area contributed by atoms with Crippen LogP contribution in [0.25, 0.3) is 10.6 Å². The molecule has 1 aromatic heterocycles. The maximum atomic E-state index is 12.9. The standard InChI is InChI=1S/C25H25F3N2O4S/c1-15-13-20(11-7-17(15)8-12-22(31)33-3)30(24(32)34-4)14-21-16(2)29-23(35-21)18-5-9-19(10-6-18)25(26,27)28/h5-7,9-11,13H,8,12,14H2,1-4H3. The van der Waals surface area contributed by atoms with E-state index in [2.05, 4.69) is 9.72 Å². The van der Waals surface area contributed by atoms with Crippen molar-refractivity contribution in [3.05, 3.63) is 69.7 Å². The average Bonchev–Trinajstić information content (AvgIpc) is 3.20. The third-order valence-corrected chi connectivity index (χ3v) is 6.70. The highest BCUT2D eigenvalue weighted by Crippen LogP contribution is 2.34. The molecule has 35 heavy (non-hydrogen) atoms. The van der Waals surface area contributed by atoms with E-state index in [4.69, 9.17) is 4.74 Å². The van der Waals surface area contributed by atoms with Gasteiger partial charge in [-0.3, -0.25) is 9.69 Å². The topological polar surface area (TPSA) is 68.7 Å². The number of carbonyl (C=O) groups is 2. The lowest BCUT2D eigenvalue weighted by atomic mass is 10.0. The summed E-state index contributed by atoms with van der Waals surface area (Å²) in [5.74, 6) is -0.297. The molecule has 0 bridgehead atoms. The van der Waals surface area contributed by atoms with Crippen LogP contribution in [0.4, 0.5) is 23.7 Å². The predicted octanol–water partition coefficient (Wildman–Crippen LogP) is 6.32. The number of nitrogens with zero attached hydrogens (tertiary/aromatic N) is 2. The highest BCUT2D eigenvalue weighted by molar-refractivity contribution is 7.15. The molecule has 0 fully saturated rings. The van der Waals surface area contributed by atoms with Crippen molar-refractivity contribution < 1.29 is 32.2 Å². The largest absolute Gasteiger partial charge is 0.469 e. The summed E-state index contributed by atoms with van der Waals surface area (Å²) in [7, 11) is 2.64. The van der Waals surface area contributed by atoms with E-state index in [-0.39, 0.29) is 18.9 Å². The summed E-state index contributed by atoms with van der Waals surface area (Å²) >= 11 is 1.30. The number of ether oxygens (including phenoxy) is 2. The number of aromatic nitrogens is 1. The van der Waals surface area contributed by atoms with Crippen LogP contribution in [-0.4, -0.2) is 31.3 Å². The Bertz CT molecular complexity index is 1210. The summed E-state index contributed by atoms with van der Waals surface area (Å²) in [5, 5.41) is 0.561. The number of halogens is 3. The van der Waals surface area contributed by atoms with Gasteiger partial charge in [-0.15, -0.1) is 11.3 Å². The summed E-state index contributed by atoms with van der Waals surface area (Å²) < 4.78 is 48.3. The number of carbonyl (C=O) groups excluding carboxylic acids is 2. The molecule has 0 saturated heterocycles. The van der Waals surface area contributed by atoms with Crippen molar-refractivity contribution in [2.75, 3.05) is 19.1 Å². The van der Waals surface area contributed by atoms with Crippen LogP contribution in [-0.2, 0) is 33.4 Å². The highest BCUT2D eigenvalue weighted by atomic mass is 32.1. The smallest absolute Gasteiger partial charge is 0.416 e. The van der Waals surface area contributed by atoms with E-state index < -0.39 is 17.8 Å². The van der Waals surface area contributed by atoms with Crippen molar-refractivity contribution >= 4 is 29.1 Å². The number of amides is 1. The molecule has 0 aliphatic heterocycles. The molecule has 3 rings (SSSR count). The number of benzene rings is 2. The first-order chi connectivity index (χ1) is 16.5. The molecule has 0 aliphatic rings. The molecule has 0 N–H and O–H groups in total. The number of anilines is 1. The lowest BCUT2D eigenvalue weighted by molar-refractivity contribution is -0.140. The van der Waals surface area contributed by atoms with E-state index in [1.165, 1.54) is 42.6 Å². The molecule has 1 amide bonds. The fraction of sp³-hybridized carbons (Fsp3) is 0.320. The first-order valence-electron chi connectivity index (χ1n) is 10.7. The zero-order valence-electron chi connectivity index (χ0n) is 19.7. The Kier molecular flexibility index (Phi) is 8.16. The first-order valence-corrected chi connectivity index (χ1v) is 11.5. The minimum atomic E-state index is -4.41. The third-order valence-electron chi connectivity index (χ3n) is 5.51. The summed E-state index contributed by atoms with van der Waals surface area (Å²) in [4.78, 5) is 30.8. The van der Waals surface area contributed by atoms with Crippen LogP contribution in [0.1, 0.15) is 33.7 Å². The second-order valence-electron chi connectivity index (χ2n) is 7.85. The van der Waals surface area contributed by atoms with Gasteiger partial charge in [-0.25, -0.2) is 9.78 Å². The van der Waals surface area contributed by atoms with Gasteiger partial charge >= 0.3 is 18.2 Å². The average molecular weight is 507 g/mol. The van der Waals surface area contributed by atoms with Crippen molar-refractivity contribution in [1.29, 1.82) is 0 Å². The molecule has 0 unspecified atom stereocenters. The van der Waals surface area contributed by atoms with Gasteiger partial charge in [-0.05, 0) is 55.7 Å². The van der Waals surface area contributed by atoms with Crippen LogP contribution in [0.5, 0.6) is 0 Å². The van der Waals surface area contributed by atoms with Gasteiger partial charge in [0, 0.05) is 22.5 Å². The van der Waals surface area contributed by atoms with Gasteiger partial charge in [0.25, 0.3) is 0 Å². The summed E-state index contributed by atoms with van der Waals surface area (Å²) in [6.07, 6.45) is -4.20. The van der Waals surface area contributed by atoms with Gasteiger partial charge in [-0.1, -0.05) is 18.2 Å². The molecule has 0 radical (unpaired) electrons. The molecule has 0 aliphatic carbocycles. The van der Waals surface area contributed by atoms with Crippen molar-refractivity contribution in [3.63, 3.8) is 0 Å². The Morgan fingerprint density at radius 3 is 2.29 bits per heavy atom. The van der Waals surface area contributed by atoms with Crippen molar-refractivity contribution in [1.82, 2.24) is 4.98 Å². The van der Waals surface area contributed by atoms with E-state index in [0.717, 1.165) is 28.1 Å². The van der Waals surface area contributed by atoms with Crippen molar-refractivity contribution in [3.8, 4) is 10.6 Å². The normalized spacial score (nSPS) is 11.3. The number of methoxy groups -OCH3 is 2. The van der Waals surface area contributed by atoms with Gasteiger partial charge < -0.3 is 9.47 Å². The lowest BCUT2D eigenvalue weighted by Crippen LogP contribution is -2.30. The van der Waals surface area contributed by atoms with Crippen LogP contribution in [0.3, 0.4) is 0 Å². The SMILES string of the molecule is COC(=O)CCc1ccc(N(Cc2sc(-c3ccc(C(F)(F)F)cc3)nc2C)C(=O)OC)cc1C. The first kappa shape index (κ1) is 26.2. The third kappa shape index (κ3) is 6.39. The fourth-order valence-corrected chi connectivity index (χ4v) is 4.54. The number of aryl methyl sites for hydroxylation is 3. The quantitative estimate of drug-likeness (QED) is 0.351. The monoisotopic (exact) mass is 506 g/mol. The number of hydrogen-bond donors (Lipinski definition) is 0. The van der Waals surface area contributed by atoms with Crippen LogP contribution >= 0.6 is 11.3 Å². The second kappa shape index (κ2) is 10.9. The molecule has 0 spiro atoms. The number of thiazole rings is 1. The summed E-state index contributed by atoms with van der Waals surface area (Å²) in [6.45, 7) is 3.86. The molecular formula is C25H25F3N2O4S. The lowest BCUT2D eigenvalue weighted by Gasteiger charge is -2.22. The van der Waals surface area contributed by atoms with Gasteiger partial charge in [0.15, 0.2) is 0 Å². The van der Waals surface area contributed by atoms with E-state index in [1.54, 1.807) is 13.0 Å². The Morgan fingerprint density at radius 1 is 1.03 bits per heavy atom. The van der Waals surface area contributed by atoms with Gasteiger partial charge in [0.05, 0.1) is 32.0 Å². The molecule has 3 aromatic rings. The fourth-order valence-electron chi connectivity index (χ4n) is 3.48. The van der Waals surface area contributed by atoms with Crippen LogP contribution in [0.2, 0.25) is 0 Å². The highest BCUT2D eigenvalue weighted by Gasteiger charge is 2.30. The molecule has 0 atom stereocenters. The molecule has 0 saturated carbocycles. The van der Waals surface area contributed by atoms with E-state index in [0.29, 0.717) is 28.4 Å². The molecular weight excluding hydrogens is 481 g/mol. The van der Waals surface area contributed by atoms with Crippen LogP contribution in [0, 0.1) is 13.8 Å². The van der Waals surface area contributed by atoms with Crippen LogP contribution < -0.4 is 4.90 Å². The Labute approximate surface area is 205 Å². The van der Waals surface area contributed by atoms with Gasteiger partial charge in [0.1, 0.15) is 5.01 Å². The van der Waals surface area contributed by atoms with Gasteiger partial charge in [0.2, 0.25) is 0 Å². The van der Waals surface area contributed by atoms with Crippen molar-refractivity contribution in [2.45, 2.75) is 39.4 Å². The molecule has 186 valence electrons. The Hall–Kier alpha value is -3.40. The number of esters is 1. The minimum absolute atomic E-state index is 0.178. The number of rotatable bonds is 7. The maximum Gasteiger partial charge on any atom is 0.416 e.